The third-order valence-corrected chi connectivity index (χ3v) is 3.46. The van der Waals surface area contributed by atoms with Gasteiger partial charge in [-0.1, -0.05) is 27.5 Å². The number of anilines is 1. The topological polar surface area (TPSA) is 42.2 Å². The van der Waals surface area contributed by atoms with Crippen LogP contribution in [0, 0.1) is 0 Å². The van der Waals surface area contributed by atoms with Gasteiger partial charge in [-0.15, -0.1) is 0 Å². The van der Waals surface area contributed by atoms with E-state index in [2.05, 4.69) is 37.2 Å². The van der Waals surface area contributed by atoms with Crippen molar-refractivity contribution in [2.24, 2.45) is 0 Å². The molecule has 0 bridgehead atoms. The minimum atomic E-state index is -0.283. The lowest BCUT2D eigenvalue weighted by Gasteiger charge is -2.06. The van der Waals surface area contributed by atoms with E-state index in [1.807, 2.05) is 0 Å². The second-order valence-electron chi connectivity index (χ2n) is 3.19. The fourth-order valence-corrected chi connectivity index (χ4v) is 2.38. The van der Waals surface area contributed by atoms with Crippen molar-refractivity contribution in [3.63, 3.8) is 0 Å². The molecule has 17 heavy (non-hydrogen) atoms. The van der Waals surface area contributed by atoms with Crippen LogP contribution in [0.2, 0.25) is 5.02 Å². The van der Waals surface area contributed by atoms with E-state index in [9.17, 15) is 4.79 Å². The number of rotatable bonds is 2. The lowest BCUT2D eigenvalue weighted by molar-refractivity contribution is 0.102. The van der Waals surface area contributed by atoms with Crippen molar-refractivity contribution in [2.75, 3.05) is 5.32 Å². The van der Waals surface area contributed by atoms with Gasteiger partial charge in [-0.05, 0) is 40.2 Å². The third-order valence-electron chi connectivity index (χ3n) is 2.04. The molecule has 0 fully saturated rings. The highest BCUT2D eigenvalue weighted by Gasteiger charge is 2.13. The summed E-state index contributed by atoms with van der Waals surface area (Å²) in [6.07, 6.45) is 1.43. The molecule has 2 aromatic rings. The van der Waals surface area contributed by atoms with Gasteiger partial charge in [0.25, 0.3) is 5.91 Å². The highest BCUT2D eigenvalue weighted by molar-refractivity contribution is 9.10. The fraction of sp³-hybridized carbons (Fsp3) is 0. The van der Waals surface area contributed by atoms with Crippen LogP contribution in [0.25, 0.3) is 0 Å². The Morgan fingerprint density at radius 2 is 2.06 bits per heavy atom. The second kappa shape index (κ2) is 5.25. The van der Waals surface area contributed by atoms with Crippen molar-refractivity contribution < 1.29 is 9.21 Å². The second-order valence-corrected chi connectivity index (χ2v) is 5.23. The molecule has 0 spiro atoms. The standard InChI is InChI=1S/C11H6Br2ClNO2/c12-6-1-2-9(8(14)5-6)15-11(16)7-3-4-17-10(7)13/h1-5H,(H,15,16). The van der Waals surface area contributed by atoms with Gasteiger partial charge in [0.1, 0.15) is 0 Å². The van der Waals surface area contributed by atoms with E-state index >= 15 is 0 Å². The molecule has 0 radical (unpaired) electrons. The van der Waals surface area contributed by atoms with Crippen molar-refractivity contribution >= 4 is 55.1 Å². The Hall–Kier alpha value is -0.780. The molecule has 1 N–H and O–H groups in total. The molecule has 3 nitrogen and oxygen atoms in total. The summed E-state index contributed by atoms with van der Waals surface area (Å²) in [6.45, 7) is 0. The Balaban J connectivity index is 2.22. The van der Waals surface area contributed by atoms with Crippen LogP contribution in [0.15, 0.2) is 44.1 Å². The molecule has 88 valence electrons. The normalized spacial score (nSPS) is 10.3. The van der Waals surface area contributed by atoms with Gasteiger partial charge in [0.2, 0.25) is 0 Å². The monoisotopic (exact) mass is 377 g/mol. The molecular weight excluding hydrogens is 373 g/mol. The van der Waals surface area contributed by atoms with Crippen molar-refractivity contribution in [3.8, 4) is 0 Å². The molecule has 1 aromatic carbocycles. The average Bonchev–Trinajstić information content (AvgIpc) is 2.68. The largest absolute Gasteiger partial charge is 0.457 e. The molecule has 1 aromatic heterocycles. The van der Waals surface area contributed by atoms with E-state index in [1.165, 1.54) is 6.26 Å². The Labute approximate surface area is 119 Å². The summed E-state index contributed by atoms with van der Waals surface area (Å²) < 4.78 is 6.23. The Bertz CT molecular complexity index is 568. The van der Waals surface area contributed by atoms with Crippen LogP contribution in [0.5, 0.6) is 0 Å². The van der Waals surface area contributed by atoms with Gasteiger partial charge in [0.15, 0.2) is 4.67 Å². The number of nitrogens with one attached hydrogen (secondary N) is 1. The quantitative estimate of drug-likeness (QED) is 0.821. The van der Waals surface area contributed by atoms with Crippen LogP contribution < -0.4 is 5.32 Å². The molecule has 0 unspecified atom stereocenters. The third kappa shape index (κ3) is 2.91. The van der Waals surface area contributed by atoms with E-state index in [0.29, 0.717) is 20.9 Å². The molecule has 6 heteroatoms. The first-order valence-electron chi connectivity index (χ1n) is 4.57. The highest BCUT2D eigenvalue weighted by atomic mass is 79.9. The maximum atomic E-state index is 11.9. The van der Waals surface area contributed by atoms with E-state index in [1.54, 1.807) is 24.3 Å². The van der Waals surface area contributed by atoms with E-state index in [0.717, 1.165) is 4.47 Å². The summed E-state index contributed by atoms with van der Waals surface area (Å²) in [5.41, 5.74) is 0.969. The van der Waals surface area contributed by atoms with E-state index < -0.39 is 0 Å². The number of carbonyl (C=O) groups excluding carboxylic acids is 1. The highest BCUT2D eigenvalue weighted by Crippen LogP contribution is 2.27. The minimum Gasteiger partial charge on any atom is -0.457 e. The van der Waals surface area contributed by atoms with Crippen LogP contribution >= 0.6 is 43.5 Å². The average molecular weight is 379 g/mol. The Morgan fingerprint density at radius 3 is 2.65 bits per heavy atom. The molecule has 0 saturated carbocycles. The van der Waals surface area contributed by atoms with Gasteiger partial charge < -0.3 is 9.73 Å². The zero-order valence-electron chi connectivity index (χ0n) is 8.34. The smallest absolute Gasteiger partial charge is 0.260 e. The number of hydrogen-bond acceptors (Lipinski definition) is 2. The summed E-state index contributed by atoms with van der Waals surface area (Å²) in [4.78, 5) is 11.9. The van der Waals surface area contributed by atoms with Crippen molar-refractivity contribution in [2.45, 2.75) is 0 Å². The van der Waals surface area contributed by atoms with Gasteiger partial charge in [-0.3, -0.25) is 4.79 Å². The van der Waals surface area contributed by atoms with Gasteiger partial charge >= 0.3 is 0 Å². The Morgan fingerprint density at radius 1 is 1.29 bits per heavy atom. The van der Waals surface area contributed by atoms with Crippen LogP contribution in [0.4, 0.5) is 5.69 Å². The van der Waals surface area contributed by atoms with Gasteiger partial charge in [-0.2, -0.15) is 0 Å². The summed E-state index contributed by atoms with van der Waals surface area (Å²) in [7, 11) is 0. The van der Waals surface area contributed by atoms with E-state index in [-0.39, 0.29) is 5.91 Å². The fourth-order valence-electron chi connectivity index (χ4n) is 1.24. The van der Waals surface area contributed by atoms with Crippen LogP contribution in [-0.4, -0.2) is 5.91 Å². The number of halogens is 3. The summed E-state index contributed by atoms with van der Waals surface area (Å²) in [5, 5.41) is 3.16. The van der Waals surface area contributed by atoms with Gasteiger partial charge in [-0.25, -0.2) is 0 Å². The summed E-state index contributed by atoms with van der Waals surface area (Å²) in [5.74, 6) is -0.283. The lowest BCUT2D eigenvalue weighted by Crippen LogP contribution is -2.11. The maximum Gasteiger partial charge on any atom is 0.260 e. The number of hydrogen-bond donors (Lipinski definition) is 1. The molecule has 0 saturated heterocycles. The summed E-state index contributed by atoms with van der Waals surface area (Å²) >= 11 is 12.4. The molecule has 2 rings (SSSR count). The number of benzene rings is 1. The number of amides is 1. The van der Waals surface area contributed by atoms with Crippen molar-refractivity contribution in [1.82, 2.24) is 0 Å². The molecule has 0 atom stereocenters. The first-order chi connectivity index (χ1) is 8.08. The zero-order chi connectivity index (χ0) is 12.4. The van der Waals surface area contributed by atoms with Crippen LogP contribution in [0.3, 0.4) is 0 Å². The molecule has 0 aliphatic heterocycles. The molecule has 0 aliphatic rings. The first-order valence-corrected chi connectivity index (χ1v) is 6.53. The van der Waals surface area contributed by atoms with Crippen LogP contribution in [-0.2, 0) is 0 Å². The van der Waals surface area contributed by atoms with Crippen molar-refractivity contribution in [1.29, 1.82) is 0 Å². The maximum absolute atomic E-state index is 11.9. The SMILES string of the molecule is O=C(Nc1ccc(Br)cc1Cl)c1ccoc1Br. The first kappa shape index (κ1) is 12.7. The lowest BCUT2D eigenvalue weighted by atomic mass is 10.3. The summed E-state index contributed by atoms with van der Waals surface area (Å²) in [6, 6.07) is 6.80. The number of carbonyl (C=O) groups is 1. The molecule has 0 aliphatic carbocycles. The molecule has 1 amide bonds. The van der Waals surface area contributed by atoms with Crippen LogP contribution in [0.1, 0.15) is 10.4 Å². The Kier molecular flexibility index (Phi) is 3.91. The molecular formula is C11H6Br2ClNO2. The van der Waals surface area contributed by atoms with Gasteiger partial charge in [0.05, 0.1) is 22.5 Å². The predicted octanol–water partition coefficient (Wildman–Crippen LogP) is 4.71. The van der Waals surface area contributed by atoms with Crippen molar-refractivity contribution in [3.05, 3.63) is 50.3 Å². The van der Waals surface area contributed by atoms with Gasteiger partial charge in [0, 0.05) is 4.47 Å². The predicted molar refractivity (Wildman–Crippen MR) is 73.5 cm³/mol. The van der Waals surface area contributed by atoms with E-state index in [4.69, 9.17) is 16.0 Å². The zero-order valence-corrected chi connectivity index (χ0v) is 12.3. The molecule has 1 heterocycles. The number of furan rings is 1. The minimum absolute atomic E-state index is 0.283.